The molecule has 0 aliphatic heterocycles. The van der Waals surface area contributed by atoms with Gasteiger partial charge in [0.05, 0.1) is 4.92 Å². The number of halogens is 1. The van der Waals surface area contributed by atoms with Crippen LogP contribution in [0.1, 0.15) is 11.1 Å². The highest BCUT2D eigenvalue weighted by molar-refractivity contribution is 6.31. The van der Waals surface area contributed by atoms with Gasteiger partial charge in [0.2, 0.25) is 0 Å². The Bertz CT molecular complexity index is 746. The van der Waals surface area contributed by atoms with Gasteiger partial charge in [-0.2, -0.15) is 0 Å². The summed E-state index contributed by atoms with van der Waals surface area (Å²) >= 11 is 5.97. The fourth-order valence-electron chi connectivity index (χ4n) is 1.88. The molecule has 0 aromatic heterocycles. The third kappa shape index (κ3) is 3.53. The van der Waals surface area contributed by atoms with E-state index in [9.17, 15) is 14.9 Å². The molecular formula is C15H13ClN2O4. The molecule has 2 rings (SSSR count). The van der Waals surface area contributed by atoms with Gasteiger partial charge >= 0.3 is 6.09 Å². The number of carbonyl (C=O) groups excluding carboxylic acids is 1. The van der Waals surface area contributed by atoms with Crippen molar-refractivity contribution < 1.29 is 14.5 Å². The Balaban J connectivity index is 2.11. The lowest BCUT2D eigenvalue weighted by Crippen LogP contribution is -2.17. The van der Waals surface area contributed by atoms with Crippen LogP contribution in [0.25, 0.3) is 0 Å². The number of nitrogens with one attached hydrogen (secondary N) is 1. The van der Waals surface area contributed by atoms with Gasteiger partial charge in [-0.25, -0.2) is 4.79 Å². The second kappa shape index (κ2) is 6.44. The first kappa shape index (κ1) is 15.8. The van der Waals surface area contributed by atoms with E-state index < -0.39 is 11.0 Å². The van der Waals surface area contributed by atoms with Crippen molar-refractivity contribution in [1.82, 2.24) is 0 Å². The van der Waals surface area contributed by atoms with Gasteiger partial charge in [0.1, 0.15) is 5.75 Å². The maximum atomic E-state index is 11.9. The minimum Gasteiger partial charge on any atom is -0.410 e. The molecule has 0 unspecified atom stereocenters. The smallest absolute Gasteiger partial charge is 0.410 e. The minimum absolute atomic E-state index is 0.0292. The van der Waals surface area contributed by atoms with E-state index in [2.05, 4.69) is 5.32 Å². The number of carbonyl (C=O) groups is 1. The minimum atomic E-state index is -0.696. The summed E-state index contributed by atoms with van der Waals surface area (Å²) in [6.07, 6.45) is -0.696. The molecule has 0 bridgehead atoms. The molecule has 0 spiro atoms. The number of amides is 1. The van der Waals surface area contributed by atoms with Crippen LogP contribution >= 0.6 is 11.6 Å². The molecule has 2 aromatic rings. The van der Waals surface area contributed by atoms with E-state index in [4.69, 9.17) is 16.3 Å². The molecule has 114 valence electrons. The van der Waals surface area contributed by atoms with E-state index in [0.29, 0.717) is 16.3 Å². The third-order valence-corrected chi connectivity index (χ3v) is 3.49. The SMILES string of the molecule is Cc1cc(OC(=O)Nc2cccc(Cl)c2C)ccc1[N+](=O)[O-]. The average Bonchev–Trinajstić information content (AvgIpc) is 2.43. The highest BCUT2D eigenvalue weighted by Crippen LogP contribution is 2.25. The van der Waals surface area contributed by atoms with Gasteiger partial charge in [0.15, 0.2) is 0 Å². The van der Waals surface area contributed by atoms with Gasteiger partial charge in [0.25, 0.3) is 5.69 Å². The van der Waals surface area contributed by atoms with Crippen LogP contribution in [0.3, 0.4) is 0 Å². The third-order valence-electron chi connectivity index (χ3n) is 3.08. The van der Waals surface area contributed by atoms with Crippen LogP contribution in [0.5, 0.6) is 5.75 Å². The Morgan fingerprint density at radius 1 is 1.27 bits per heavy atom. The molecule has 0 aliphatic carbocycles. The molecule has 1 N–H and O–H groups in total. The average molecular weight is 321 g/mol. The standard InChI is InChI=1S/C15H13ClN2O4/c1-9-8-11(6-7-14(9)18(20)21)22-15(19)17-13-5-3-4-12(16)10(13)2/h3-8H,1-2H3,(H,17,19). The number of nitrogens with zero attached hydrogens (tertiary/aromatic N) is 1. The zero-order valence-electron chi connectivity index (χ0n) is 11.9. The molecule has 0 aliphatic rings. The number of aryl methyl sites for hydroxylation is 1. The number of nitro groups is 1. The molecule has 7 heteroatoms. The van der Waals surface area contributed by atoms with Crippen LogP contribution in [-0.4, -0.2) is 11.0 Å². The fraction of sp³-hybridized carbons (Fsp3) is 0.133. The predicted molar refractivity (Wildman–Crippen MR) is 83.7 cm³/mol. The maximum absolute atomic E-state index is 11.9. The number of ether oxygens (including phenoxy) is 1. The zero-order valence-corrected chi connectivity index (χ0v) is 12.7. The Morgan fingerprint density at radius 2 is 2.00 bits per heavy atom. The lowest BCUT2D eigenvalue weighted by molar-refractivity contribution is -0.385. The van der Waals surface area contributed by atoms with E-state index >= 15 is 0 Å². The summed E-state index contributed by atoms with van der Waals surface area (Å²) in [6.45, 7) is 3.35. The van der Waals surface area contributed by atoms with Crippen LogP contribution in [0.4, 0.5) is 16.2 Å². The Morgan fingerprint density at radius 3 is 2.64 bits per heavy atom. The molecule has 0 saturated carbocycles. The van der Waals surface area contributed by atoms with Crippen molar-refractivity contribution >= 4 is 29.1 Å². The van der Waals surface area contributed by atoms with Crippen molar-refractivity contribution in [3.8, 4) is 5.75 Å². The molecule has 22 heavy (non-hydrogen) atoms. The molecule has 0 atom stereocenters. The van der Waals surface area contributed by atoms with Crippen LogP contribution < -0.4 is 10.1 Å². The van der Waals surface area contributed by atoms with E-state index in [-0.39, 0.29) is 11.4 Å². The van der Waals surface area contributed by atoms with Crippen molar-refractivity contribution in [1.29, 1.82) is 0 Å². The van der Waals surface area contributed by atoms with E-state index in [1.165, 1.54) is 18.2 Å². The zero-order chi connectivity index (χ0) is 16.3. The number of nitro benzene ring substituents is 1. The monoisotopic (exact) mass is 320 g/mol. The molecule has 0 radical (unpaired) electrons. The lowest BCUT2D eigenvalue weighted by atomic mass is 10.2. The second-order valence-electron chi connectivity index (χ2n) is 4.63. The van der Waals surface area contributed by atoms with Gasteiger partial charge in [-0.15, -0.1) is 0 Å². The number of benzene rings is 2. The quantitative estimate of drug-likeness (QED) is 0.668. The van der Waals surface area contributed by atoms with Crippen LogP contribution in [0.2, 0.25) is 5.02 Å². The lowest BCUT2D eigenvalue weighted by Gasteiger charge is -2.10. The summed E-state index contributed by atoms with van der Waals surface area (Å²) < 4.78 is 5.11. The molecule has 2 aromatic carbocycles. The summed E-state index contributed by atoms with van der Waals surface area (Å²) in [5.74, 6) is 0.222. The number of rotatable bonds is 3. The van der Waals surface area contributed by atoms with Gasteiger partial charge < -0.3 is 4.74 Å². The Labute approximate surface area is 131 Å². The van der Waals surface area contributed by atoms with Gasteiger partial charge in [-0.1, -0.05) is 17.7 Å². The summed E-state index contributed by atoms with van der Waals surface area (Å²) in [6, 6.07) is 9.22. The highest BCUT2D eigenvalue weighted by atomic mass is 35.5. The van der Waals surface area contributed by atoms with Crippen LogP contribution in [0, 0.1) is 24.0 Å². The van der Waals surface area contributed by atoms with Gasteiger partial charge in [-0.3, -0.25) is 15.4 Å². The summed E-state index contributed by atoms with van der Waals surface area (Å²) in [5.41, 5.74) is 1.64. The van der Waals surface area contributed by atoms with Gasteiger partial charge in [0, 0.05) is 22.3 Å². The van der Waals surface area contributed by atoms with E-state index in [1.54, 1.807) is 32.0 Å². The van der Waals surface area contributed by atoms with Crippen molar-refractivity contribution in [2.75, 3.05) is 5.32 Å². The number of hydrogen-bond donors (Lipinski definition) is 1. The summed E-state index contributed by atoms with van der Waals surface area (Å²) in [5, 5.41) is 13.8. The highest BCUT2D eigenvalue weighted by Gasteiger charge is 2.13. The molecule has 1 amide bonds. The summed E-state index contributed by atoms with van der Waals surface area (Å²) in [7, 11) is 0. The first-order valence-corrected chi connectivity index (χ1v) is 6.75. The molecular weight excluding hydrogens is 308 g/mol. The van der Waals surface area contributed by atoms with Crippen LogP contribution in [-0.2, 0) is 0 Å². The molecule has 6 nitrogen and oxygen atoms in total. The fourth-order valence-corrected chi connectivity index (χ4v) is 2.06. The Kier molecular flexibility index (Phi) is 4.62. The molecule has 0 fully saturated rings. The normalized spacial score (nSPS) is 10.1. The van der Waals surface area contributed by atoms with Crippen molar-refractivity contribution in [2.24, 2.45) is 0 Å². The van der Waals surface area contributed by atoms with Crippen molar-refractivity contribution in [2.45, 2.75) is 13.8 Å². The molecule has 0 saturated heterocycles. The summed E-state index contributed by atoms with van der Waals surface area (Å²) in [4.78, 5) is 22.1. The largest absolute Gasteiger partial charge is 0.417 e. The topological polar surface area (TPSA) is 81.5 Å². The van der Waals surface area contributed by atoms with Gasteiger partial charge in [-0.05, 0) is 43.7 Å². The number of anilines is 1. The van der Waals surface area contributed by atoms with E-state index in [0.717, 1.165) is 5.56 Å². The maximum Gasteiger partial charge on any atom is 0.417 e. The second-order valence-corrected chi connectivity index (χ2v) is 5.04. The van der Waals surface area contributed by atoms with Crippen molar-refractivity contribution in [3.05, 3.63) is 62.7 Å². The predicted octanol–water partition coefficient (Wildman–Crippen LogP) is 4.48. The first-order chi connectivity index (χ1) is 10.4. The first-order valence-electron chi connectivity index (χ1n) is 6.37. The van der Waals surface area contributed by atoms with Crippen molar-refractivity contribution in [3.63, 3.8) is 0 Å². The van der Waals surface area contributed by atoms with E-state index in [1.807, 2.05) is 0 Å². The Hall–Kier alpha value is -2.60. The molecule has 0 heterocycles. The number of hydrogen-bond acceptors (Lipinski definition) is 4. The van der Waals surface area contributed by atoms with Crippen LogP contribution in [0.15, 0.2) is 36.4 Å².